The van der Waals surface area contributed by atoms with E-state index in [2.05, 4.69) is 5.32 Å². The molecule has 134 valence electrons. The molecule has 1 atom stereocenters. The second kappa shape index (κ2) is 9.33. The van der Waals surface area contributed by atoms with E-state index in [0.29, 0.717) is 36.1 Å². The molecule has 2 aromatic rings. The van der Waals surface area contributed by atoms with Gasteiger partial charge in [-0.2, -0.15) is 0 Å². The van der Waals surface area contributed by atoms with Crippen LogP contribution >= 0.6 is 11.6 Å². The highest BCUT2D eigenvalue weighted by Gasteiger charge is 2.17. The van der Waals surface area contributed by atoms with Gasteiger partial charge < -0.3 is 14.8 Å². The molecule has 0 aliphatic rings. The minimum atomic E-state index is -0.518. The van der Waals surface area contributed by atoms with Crippen LogP contribution < -0.4 is 14.8 Å². The van der Waals surface area contributed by atoms with Crippen LogP contribution in [0.4, 0.5) is 0 Å². The number of ether oxygens (including phenoxy) is 2. The molecule has 4 nitrogen and oxygen atoms in total. The van der Waals surface area contributed by atoms with Crippen LogP contribution in [0.2, 0.25) is 5.02 Å². The number of amides is 1. The van der Waals surface area contributed by atoms with Gasteiger partial charge in [0.15, 0.2) is 6.10 Å². The van der Waals surface area contributed by atoms with Gasteiger partial charge in [0.25, 0.3) is 5.91 Å². The summed E-state index contributed by atoms with van der Waals surface area (Å²) in [7, 11) is 0. The van der Waals surface area contributed by atoms with Crippen LogP contribution in [0.5, 0.6) is 11.5 Å². The fraction of sp³-hybridized carbons (Fsp3) is 0.350. The highest BCUT2D eigenvalue weighted by atomic mass is 35.5. The van der Waals surface area contributed by atoms with Crippen molar-refractivity contribution in [2.24, 2.45) is 0 Å². The molecule has 1 N–H and O–H groups in total. The SMILES string of the molecule is CC[C@H](Oc1cccc(C)c1)C(=O)NCCOc1ccc(C)c(Cl)c1. The third-order valence-electron chi connectivity index (χ3n) is 3.74. The van der Waals surface area contributed by atoms with Gasteiger partial charge in [-0.15, -0.1) is 0 Å². The van der Waals surface area contributed by atoms with Crippen LogP contribution in [0.25, 0.3) is 0 Å². The third kappa shape index (κ3) is 5.98. The van der Waals surface area contributed by atoms with Gasteiger partial charge in [-0.3, -0.25) is 4.79 Å². The van der Waals surface area contributed by atoms with Crippen molar-refractivity contribution in [3.63, 3.8) is 0 Å². The van der Waals surface area contributed by atoms with E-state index in [9.17, 15) is 4.79 Å². The molecule has 0 fully saturated rings. The van der Waals surface area contributed by atoms with Gasteiger partial charge in [0.05, 0.1) is 6.54 Å². The number of aryl methyl sites for hydroxylation is 2. The zero-order valence-corrected chi connectivity index (χ0v) is 15.6. The van der Waals surface area contributed by atoms with Crippen LogP contribution in [0.1, 0.15) is 24.5 Å². The third-order valence-corrected chi connectivity index (χ3v) is 4.15. The number of hydrogen-bond acceptors (Lipinski definition) is 3. The quantitative estimate of drug-likeness (QED) is 0.713. The van der Waals surface area contributed by atoms with Gasteiger partial charge in [0, 0.05) is 5.02 Å². The average Bonchev–Trinajstić information content (AvgIpc) is 2.59. The fourth-order valence-corrected chi connectivity index (χ4v) is 2.47. The predicted octanol–water partition coefficient (Wildman–Crippen LogP) is 4.31. The molecule has 5 heteroatoms. The van der Waals surface area contributed by atoms with E-state index < -0.39 is 6.10 Å². The molecule has 2 rings (SSSR count). The Bertz CT molecular complexity index is 718. The highest BCUT2D eigenvalue weighted by Crippen LogP contribution is 2.21. The Labute approximate surface area is 154 Å². The molecule has 0 saturated carbocycles. The summed E-state index contributed by atoms with van der Waals surface area (Å²) in [6.07, 6.45) is 0.0735. The first-order chi connectivity index (χ1) is 12.0. The van der Waals surface area contributed by atoms with Crippen LogP contribution in [-0.2, 0) is 4.79 Å². The summed E-state index contributed by atoms with van der Waals surface area (Å²) in [5, 5.41) is 3.51. The standard InChI is InChI=1S/C20H24ClNO3/c1-4-19(25-17-7-5-6-14(2)12-17)20(23)22-10-11-24-16-9-8-15(3)18(21)13-16/h5-9,12-13,19H,4,10-11H2,1-3H3,(H,22,23)/t19-/m0/s1. The zero-order valence-electron chi connectivity index (χ0n) is 14.8. The maximum absolute atomic E-state index is 12.3. The number of rotatable bonds is 8. The Balaban J connectivity index is 1.78. The van der Waals surface area contributed by atoms with Crippen LogP contribution in [0.15, 0.2) is 42.5 Å². The molecule has 0 radical (unpaired) electrons. The van der Waals surface area contributed by atoms with Crippen molar-refractivity contribution >= 4 is 17.5 Å². The van der Waals surface area contributed by atoms with E-state index in [-0.39, 0.29) is 5.91 Å². The van der Waals surface area contributed by atoms with Gasteiger partial charge in [-0.25, -0.2) is 0 Å². The smallest absolute Gasteiger partial charge is 0.261 e. The number of carbonyl (C=O) groups is 1. The molecule has 0 aliphatic carbocycles. The minimum Gasteiger partial charge on any atom is -0.492 e. The van der Waals surface area contributed by atoms with E-state index in [1.165, 1.54) is 0 Å². The van der Waals surface area contributed by atoms with Gasteiger partial charge >= 0.3 is 0 Å². The predicted molar refractivity (Wildman–Crippen MR) is 101 cm³/mol. The lowest BCUT2D eigenvalue weighted by Crippen LogP contribution is -2.39. The summed E-state index contributed by atoms with van der Waals surface area (Å²) < 4.78 is 11.4. The van der Waals surface area contributed by atoms with Crippen molar-refractivity contribution in [1.29, 1.82) is 0 Å². The largest absolute Gasteiger partial charge is 0.492 e. The average molecular weight is 362 g/mol. The summed E-state index contributed by atoms with van der Waals surface area (Å²) in [5.41, 5.74) is 2.10. The maximum atomic E-state index is 12.3. The molecule has 0 spiro atoms. The Hall–Kier alpha value is -2.20. The topological polar surface area (TPSA) is 47.6 Å². The molecule has 0 saturated heterocycles. The second-order valence-electron chi connectivity index (χ2n) is 5.88. The molecular weight excluding hydrogens is 338 g/mol. The van der Waals surface area contributed by atoms with Crippen LogP contribution in [0.3, 0.4) is 0 Å². The van der Waals surface area contributed by atoms with Crippen molar-refractivity contribution in [2.75, 3.05) is 13.2 Å². The number of carbonyl (C=O) groups excluding carboxylic acids is 1. The summed E-state index contributed by atoms with van der Waals surface area (Å²) >= 11 is 6.06. The Morgan fingerprint density at radius 2 is 1.96 bits per heavy atom. The lowest BCUT2D eigenvalue weighted by Gasteiger charge is -2.17. The van der Waals surface area contributed by atoms with E-state index in [4.69, 9.17) is 21.1 Å². The van der Waals surface area contributed by atoms with E-state index in [1.807, 2.05) is 57.2 Å². The van der Waals surface area contributed by atoms with Crippen molar-refractivity contribution in [1.82, 2.24) is 5.32 Å². The van der Waals surface area contributed by atoms with Gasteiger partial charge in [0.2, 0.25) is 0 Å². The molecule has 0 heterocycles. The number of benzene rings is 2. The summed E-state index contributed by atoms with van der Waals surface area (Å²) in [6.45, 7) is 6.61. The number of nitrogens with one attached hydrogen (secondary N) is 1. The van der Waals surface area contributed by atoms with Gasteiger partial charge in [-0.05, 0) is 55.7 Å². The molecule has 25 heavy (non-hydrogen) atoms. The number of halogens is 1. The normalized spacial score (nSPS) is 11.7. The van der Waals surface area contributed by atoms with Crippen molar-refractivity contribution in [3.8, 4) is 11.5 Å². The summed E-state index contributed by atoms with van der Waals surface area (Å²) in [6, 6.07) is 13.2. The van der Waals surface area contributed by atoms with Gasteiger partial charge in [0.1, 0.15) is 18.1 Å². The number of hydrogen-bond donors (Lipinski definition) is 1. The maximum Gasteiger partial charge on any atom is 0.261 e. The van der Waals surface area contributed by atoms with Gasteiger partial charge in [-0.1, -0.05) is 36.7 Å². The lowest BCUT2D eigenvalue weighted by molar-refractivity contribution is -0.128. The molecule has 0 unspecified atom stereocenters. The lowest BCUT2D eigenvalue weighted by atomic mass is 10.2. The van der Waals surface area contributed by atoms with Crippen LogP contribution in [0, 0.1) is 13.8 Å². The van der Waals surface area contributed by atoms with E-state index in [1.54, 1.807) is 6.07 Å². The van der Waals surface area contributed by atoms with E-state index in [0.717, 1.165) is 11.1 Å². The Morgan fingerprint density at radius 3 is 2.64 bits per heavy atom. The monoisotopic (exact) mass is 361 g/mol. The first-order valence-electron chi connectivity index (χ1n) is 8.39. The van der Waals surface area contributed by atoms with E-state index >= 15 is 0 Å². The minimum absolute atomic E-state index is 0.144. The molecular formula is C20H24ClNO3. The Morgan fingerprint density at radius 1 is 1.16 bits per heavy atom. The summed E-state index contributed by atoms with van der Waals surface area (Å²) in [4.78, 5) is 12.3. The first-order valence-corrected chi connectivity index (χ1v) is 8.77. The zero-order chi connectivity index (χ0) is 18.2. The Kier molecular flexibility index (Phi) is 7.14. The molecule has 0 aliphatic heterocycles. The van der Waals surface area contributed by atoms with Crippen molar-refractivity contribution in [3.05, 3.63) is 58.6 Å². The summed E-state index contributed by atoms with van der Waals surface area (Å²) in [5.74, 6) is 1.25. The fourth-order valence-electron chi connectivity index (χ4n) is 2.30. The van der Waals surface area contributed by atoms with Crippen LogP contribution in [-0.4, -0.2) is 25.2 Å². The van der Waals surface area contributed by atoms with Crippen molar-refractivity contribution in [2.45, 2.75) is 33.3 Å². The molecule has 0 bridgehead atoms. The molecule has 0 aromatic heterocycles. The van der Waals surface area contributed by atoms with Crippen molar-refractivity contribution < 1.29 is 14.3 Å². The highest BCUT2D eigenvalue weighted by molar-refractivity contribution is 6.31. The molecule has 1 amide bonds. The first kappa shape index (κ1) is 19.1. The second-order valence-corrected chi connectivity index (χ2v) is 6.29. The molecule has 2 aromatic carbocycles.